The Hall–Kier alpha value is -1.99. The molecule has 3 heterocycles. The molecule has 2 aromatic carbocycles. The largest absolute Gasteiger partial charge is 0.332 e. The van der Waals surface area contributed by atoms with Crippen molar-refractivity contribution in [2.24, 2.45) is 10.9 Å². The second-order valence-corrected chi connectivity index (χ2v) is 12.7. The normalized spacial score (nSPS) is 27.2. The number of carbonyl (C=O) groups is 1. The molecule has 0 aromatic heterocycles. The summed E-state index contributed by atoms with van der Waals surface area (Å²) in [4.78, 5) is 24.7. The predicted molar refractivity (Wildman–Crippen MR) is 155 cm³/mol. The van der Waals surface area contributed by atoms with Crippen LogP contribution in [0.3, 0.4) is 0 Å². The second-order valence-electron chi connectivity index (χ2n) is 10.8. The van der Waals surface area contributed by atoms with Crippen LogP contribution in [0.15, 0.2) is 64.1 Å². The first-order chi connectivity index (χ1) is 17.6. The monoisotopic (exact) mass is 556 g/mol. The van der Waals surface area contributed by atoms with Crippen molar-refractivity contribution in [3.63, 3.8) is 0 Å². The summed E-state index contributed by atoms with van der Waals surface area (Å²) < 4.78 is 0. The summed E-state index contributed by atoms with van der Waals surface area (Å²) in [5, 5.41) is 5.70. The fraction of sp³-hybridized carbons (Fsp3) is 0.448. The van der Waals surface area contributed by atoms with E-state index in [9.17, 15) is 4.79 Å². The summed E-state index contributed by atoms with van der Waals surface area (Å²) in [6, 6.07) is 15.8. The highest BCUT2D eigenvalue weighted by Crippen LogP contribution is 2.56. The van der Waals surface area contributed by atoms with Crippen LogP contribution in [0.1, 0.15) is 58.2 Å². The number of amides is 1. The first kappa shape index (κ1) is 26.6. The topological polar surface area (TPSA) is 47.9 Å². The van der Waals surface area contributed by atoms with E-state index in [0.717, 1.165) is 46.4 Å². The lowest BCUT2D eigenvalue weighted by Crippen LogP contribution is -2.51. The molecule has 0 unspecified atom stereocenters. The number of fused-ring (bicyclic) bond motifs is 1. The number of aliphatic imine (C=N–C) groups is 1. The van der Waals surface area contributed by atoms with E-state index in [0.29, 0.717) is 16.6 Å². The minimum absolute atomic E-state index is 0.0996. The summed E-state index contributed by atoms with van der Waals surface area (Å²) in [5.41, 5.74) is 2.46. The maximum atomic E-state index is 14.2. The molecule has 5 nitrogen and oxygen atoms in total. The number of amidine groups is 1. The lowest BCUT2D eigenvalue weighted by molar-refractivity contribution is -0.131. The van der Waals surface area contributed by atoms with Gasteiger partial charge in [-0.15, -0.1) is 0 Å². The highest BCUT2D eigenvalue weighted by Gasteiger charge is 2.54. The summed E-state index contributed by atoms with van der Waals surface area (Å²) in [6.07, 6.45) is 0.953. The average Bonchev–Trinajstić information content (AvgIpc) is 3.53. The van der Waals surface area contributed by atoms with Gasteiger partial charge in [0.05, 0.1) is 11.6 Å². The first-order valence-electron chi connectivity index (χ1n) is 12.9. The van der Waals surface area contributed by atoms with Crippen molar-refractivity contribution in [2.75, 3.05) is 19.6 Å². The van der Waals surface area contributed by atoms with Gasteiger partial charge in [-0.25, -0.2) is 4.99 Å². The molecule has 0 aliphatic carbocycles. The Morgan fingerprint density at radius 3 is 2.30 bits per heavy atom. The number of benzene rings is 2. The van der Waals surface area contributed by atoms with Crippen LogP contribution in [0, 0.1) is 5.92 Å². The van der Waals surface area contributed by atoms with Crippen molar-refractivity contribution in [3.05, 3.63) is 80.3 Å². The zero-order valence-corrected chi connectivity index (χ0v) is 24.3. The lowest BCUT2D eigenvalue weighted by atomic mass is 9.81. The van der Waals surface area contributed by atoms with E-state index in [1.54, 1.807) is 0 Å². The molecule has 2 aromatic rings. The van der Waals surface area contributed by atoms with Gasteiger partial charge in [0.2, 0.25) is 0 Å². The number of nitrogens with zero attached hydrogens (tertiary/aromatic N) is 3. The van der Waals surface area contributed by atoms with E-state index in [-0.39, 0.29) is 23.4 Å². The molecule has 8 heteroatoms. The molecule has 3 aliphatic rings. The highest BCUT2D eigenvalue weighted by molar-refractivity contribution is 8.18. The van der Waals surface area contributed by atoms with Gasteiger partial charge in [-0.3, -0.25) is 4.79 Å². The van der Waals surface area contributed by atoms with Crippen molar-refractivity contribution >= 4 is 46.0 Å². The van der Waals surface area contributed by atoms with Crippen LogP contribution in [0.5, 0.6) is 0 Å². The zero-order chi connectivity index (χ0) is 26.5. The maximum Gasteiger partial charge on any atom is 0.263 e. The quantitative estimate of drug-likeness (QED) is 0.423. The van der Waals surface area contributed by atoms with Crippen LogP contribution < -0.4 is 5.32 Å². The Morgan fingerprint density at radius 2 is 1.76 bits per heavy atom. The van der Waals surface area contributed by atoms with Crippen LogP contribution in [0.25, 0.3) is 0 Å². The molecular formula is C29H34Cl2N4OS. The number of nitrogens with one attached hydrogen (secondary N) is 1. The van der Waals surface area contributed by atoms with Crippen molar-refractivity contribution in [1.82, 2.24) is 15.1 Å². The Morgan fingerprint density at radius 1 is 1.14 bits per heavy atom. The Balaban J connectivity index is 1.63. The molecule has 0 saturated carbocycles. The predicted octanol–water partition coefficient (Wildman–Crippen LogP) is 6.84. The fourth-order valence-corrected chi connectivity index (χ4v) is 7.60. The number of halogens is 2. The van der Waals surface area contributed by atoms with E-state index >= 15 is 0 Å². The lowest BCUT2D eigenvalue weighted by Gasteiger charge is -2.39. The molecule has 1 amide bonds. The summed E-state index contributed by atoms with van der Waals surface area (Å²) in [6.45, 7) is 13.2. The SMILES string of the molecule is CCN(C(=O)C1=C(C(C)C)N2C(=N[C@@](C)(c3ccc(Cl)cc3)[C@H]2c2ccc(Cl)cc2)S1)[C@]1(C)CCNC1. The molecular weight excluding hydrogens is 523 g/mol. The number of rotatable bonds is 6. The van der Waals surface area contributed by atoms with Gasteiger partial charge in [0.25, 0.3) is 5.91 Å². The van der Waals surface area contributed by atoms with Crippen LogP contribution in [-0.2, 0) is 10.3 Å². The highest BCUT2D eigenvalue weighted by atomic mass is 35.5. The third-order valence-corrected chi connectivity index (χ3v) is 9.49. The molecule has 196 valence electrons. The van der Waals surface area contributed by atoms with Gasteiger partial charge in [0, 0.05) is 28.8 Å². The number of hydrogen-bond acceptors (Lipinski definition) is 5. The van der Waals surface area contributed by atoms with Gasteiger partial charge in [-0.2, -0.15) is 0 Å². The van der Waals surface area contributed by atoms with E-state index < -0.39 is 5.54 Å². The summed E-state index contributed by atoms with van der Waals surface area (Å²) in [7, 11) is 0. The number of hydrogen-bond donors (Lipinski definition) is 1. The molecule has 3 atom stereocenters. The molecule has 0 spiro atoms. The Bertz CT molecular complexity index is 1250. The molecule has 0 radical (unpaired) electrons. The maximum absolute atomic E-state index is 14.2. The van der Waals surface area contributed by atoms with Crippen LogP contribution in [0.4, 0.5) is 0 Å². The summed E-state index contributed by atoms with van der Waals surface area (Å²) >= 11 is 14.0. The second kappa shape index (κ2) is 9.96. The van der Waals surface area contributed by atoms with Gasteiger partial charge in [0.15, 0.2) is 5.17 Å². The summed E-state index contributed by atoms with van der Waals surface area (Å²) in [5.74, 6) is 0.234. The minimum Gasteiger partial charge on any atom is -0.332 e. The van der Waals surface area contributed by atoms with E-state index in [2.05, 4.69) is 74.0 Å². The minimum atomic E-state index is -0.568. The van der Waals surface area contributed by atoms with Crippen LogP contribution in [0.2, 0.25) is 10.0 Å². The number of carbonyl (C=O) groups excluding carboxylic acids is 1. The van der Waals surface area contributed by atoms with Crippen molar-refractivity contribution in [2.45, 2.75) is 58.2 Å². The fourth-order valence-electron chi connectivity index (χ4n) is 5.99. The van der Waals surface area contributed by atoms with Gasteiger partial charge >= 0.3 is 0 Å². The first-order valence-corrected chi connectivity index (χ1v) is 14.5. The van der Waals surface area contributed by atoms with Crippen molar-refractivity contribution in [3.8, 4) is 0 Å². The number of thioether (sulfide) groups is 1. The van der Waals surface area contributed by atoms with Crippen molar-refractivity contribution < 1.29 is 4.79 Å². The van der Waals surface area contributed by atoms with Gasteiger partial charge in [-0.1, -0.05) is 61.3 Å². The third kappa shape index (κ3) is 4.50. The van der Waals surface area contributed by atoms with E-state index in [1.165, 1.54) is 11.8 Å². The average molecular weight is 558 g/mol. The smallest absolute Gasteiger partial charge is 0.263 e. The van der Waals surface area contributed by atoms with Crippen LogP contribution in [-0.4, -0.2) is 46.0 Å². The molecule has 1 saturated heterocycles. The Kier molecular flexibility index (Phi) is 7.16. The van der Waals surface area contributed by atoms with Crippen molar-refractivity contribution in [1.29, 1.82) is 0 Å². The zero-order valence-electron chi connectivity index (χ0n) is 22.0. The molecule has 1 fully saturated rings. The number of likely N-dealkylation sites (N-methyl/N-ethyl adjacent to an activating group) is 1. The van der Waals surface area contributed by atoms with E-state index in [1.807, 2.05) is 24.3 Å². The Labute approximate surface area is 234 Å². The molecule has 3 aliphatic heterocycles. The molecule has 0 bridgehead atoms. The van der Waals surface area contributed by atoms with Gasteiger partial charge < -0.3 is 15.1 Å². The molecule has 5 rings (SSSR count). The number of allylic oxidation sites excluding steroid dienone is 1. The van der Waals surface area contributed by atoms with Gasteiger partial charge in [-0.05, 0) is 86.8 Å². The standard InChI is InChI=1S/C29H34Cl2N4OS/c1-6-34(28(4)15-16-32-17-28)26(36)24-23(18(2)3)35-25(19-7-11-21(30)12-8-19)29(5,33-27(35)37-24)20-9-13-22(31)14-10-20/h7-14,18,25,32H,6,15-17H2,1-5H3/t25-,28-,29+/m1/s1. The van der Waals surface area contributed by atoms with Gasteiger partial charge in [0.1, 0.15) is 10.4 Å². The van der Waals surface area contributed by atoms with E-state index in [4.69, 9.17) is 28.2 Å². The molecule has 1 N–H and O–H groups in total. The van der Waals surface area contributed by atoms with Crippen LogP contribution >= 0.6 is 35.0 Å². The third-order valence-electron chi connectivity index (χ3n) is 7.92. The molecule has 37 heavy (non-hydrogen) atoms.